The summed E-state index contributed by atoms with van der Waals surface area (Å²) in [5, 5.41) is 15.0. The van der Waals surface area contributed by atoms with Gasteiger partial charge in [-0.15, -0.1) is 0 Å². The number of amides is 1. The van der Waals surface area contributed by atoms with Gasteiger partial charge in [-0.3, -0.25) is 14.5 Å². The molecule has 3 aliphatic rings. The monoisotopic (exact) mass is 537 g/mol. The number of morpholine rings is 1. The standard InChI is InChI=1S/C29H35N3O5S/c1-19-3-6-26(24(15-19)25-18-38-29(30-25)32-9-7-21(8-10-32)28(34)35)37-17-23-5-4-22(16-20(23)2)27(33)31-11-13-36-14-12-31/h3-6,15-16,18,21,29-30H,7-14,17H2,1-2H3,(H,34,35). The number of nitrogens with zero attached hydrogens (tertiary/aromatic N) is 2. The zero-order valence-electron chi connectivity index (χ0n) is 21.9. The molecule has 1 atom stereocenters. The van der Waals surface area contributed by atoms with Gasteiger partial charge in [-0.25, -0.2) is 0 Å². The van der Waals surface area contributed by atoms with Gasteiger partial charge in [0.05, 0.1) is 24.8 Å². The minimum atomic E-state index is -0.689. The smallest absolute Gasteiger partial charge is 0.306 e. The second-order valence-electron chi connectivity index (χ2n) is 10.1. The van der Waals surface area contributed by atoms with Gasteiger partial charge in [-0.05, 0) is 67.5 Å². The number of carboxylic acid groups (broad SMARTS) is 1. The first-order valence-corrected chi connectivity index (χ1v) is 14.1. The number of aryl methyl sites for hydroxylation is 2. The Morgan fingerprint density at radius 1 is 1.08 bits per heavy atom. The maximum absolute atomic E-state index is 12.8. The van der Waals surface area contributed by atoms with E-state index < -0.39 is 5.97 Å². The van der Waals surface area contributed by atoms with E-state index in [2.05, 4.69) is 28.6 Å². The Morgan fingerprint density at radius 3 is 2.55 bits per heavy atom. The van der Waals surface area contributed by atoms with Crippen LogP contribution in [0.2, 0.25) is 0 Å². The number of likely N-dealkylation sites (tertiary alicyclic amines) is 1. The number of nitrogens with one attached hydrogen (secondary N) is 1. The van der Waals surface area contributed by atoms with Crippen molar-refractivity contribution < 1.29 is 24.2 Å². The fraction of sp³-hybridized carbons (Fsp3) is 0.448. The van der Waals surface area contributed by atoms with Gasteiger partial charge >= 0.3 is 5.97 Å². The molecule has 2 aromatic rings. The van der Waals surface area contributed by atoms with Crippen LogP contribution < -0.4 is 10.1 Å². The van der Waals surface area contributed by atoms with Crippen molar-refractivity contribution in [2.45, 2.75) is 38.8 Å². The minimum Gasteiger partial charge on any atom is -0.488 e. The highest BCUT2D eigenvalue weighted by atomic mass is 32.2. The molecule has 0 aromatic heterocycles. The molecule has 2 fully saturated rings. The van der Waals surface area contributed by atoms with Crippen molar-refractivity contribution in [3.8, 4) is 5.75 Å². The molecule has 0 bridgehead atoms. The van der Waals surface area contributed by atoms with Crippen molar-refractivity contribution in [1.82, 2.24) is 15.1 Å². The van der Waals surface area contributed by atoms with E-state index in [1.807, 2.05) is 42.2 Å². The fourth-order valence-corrected chi connectivity index (χ4v) is 6.15. The lowest BCUT2D eigenvalue weighted by molar-refractivity contribution is -0.143. The third kappa shape index (κ3) is 6.00. The average Bonchev–Trinajstić information content (AvgIpc) is 3.43. The number of carbonyl (C=O) groups excluding carboxylic acids is 1. The lowest BCUT2D eigenvalue weighted by Crippen LogP contribution is -2.45. The number of hydrogen-bond donors (Lipinski definition) is 2. The fourth-order valence-electron chi connectivity index (χ4n) is 5.11. The predicted octanol–water partition coefficient (Wildman–Crippen LogP) is 4.07. The van der Waals surface area contributed by atoms with E-state index in [1.54, 1.807) is 11.8 Å². The van der Waals surface area contributed by atoms with Crippen LogP contribution in [0, 0.1) is 19.8 Å². The van der Waals surface area contributed by atoms with Crippen LogP contribution in [0.3, 0.4) is 0 Å². The SMILES string of the molecule is Cc1ccc(OCc2ccc(C(=O)N3CCOCC3)cc2C)c(C2=CSC(N3CCC(C(=O)O)CC3)N2)c1. The van der Waals surface area contributed by atoms with Crippen molar-refractivity contribution >= 4 is 29.3 Å². The molecule has 1 unspecified atom stereocenters. The lowest BCUT2D eigenvalue weighted by atomic mass is 9.97. The number of carboxylic acids is 1. The molecule has 0 radical (unpaired) electrons. The van der Waals surface area contributed by atoms with Crippen molar-refractivity contribution in [1.29, 1.82) is 0 Å². The van der Waals surface area contributed by atoms with E-state index >= 15 is 0 Å². The summed E-state index contributed by atoms with van der Waals surface area (Å²) >= 11 is 1.71. The Bertz CT molecular complexity index is 1220. The van der Waals surface area contributed by atoms with E-state index in [0.29, 0.717) is 51.3 Å². The van der Waals surface area contributed by atoms with Crippen molar-refractivity contribution in [2.75, 3.05) is 39.4 Å². The Labute approximate surface area is 228 Å². The second-order valence-corrected chi connectivity index (χ2v) is 11.1. The number of piperidine rings is 1. The van der Waals surface area contributed by atoms with Gasteiger partial charge in [-0.2, -0.15) is 0 Å². The van der Waals surface area contributed by atoms with Crippen molar-refractivity contribution in [2.24, 2.45) is 5.92 Å². The first-order chi connectivity index (χ1) is 18.4. The van der Waals surface area contributed by atoms with E-state index in [4.69, 9.17) is 9.47 Å². The van der Waals surface area contributed by atoms with Gasteiger partial charge in [0.2, 0.25) is 0 Å². The molecule has 8 nitrogen and oxygen atoms in total. The van der Waals surface area contributed by atoms with Crippen LogP contribution in [-0.2, 0) is 16.1 Å². The molecule has 0 aliphatic carbocycles. The topological polar surface area (TPSA) is 91.3 Å². The summed E-state index contributed by atoms with van der Waals surface area (Å²) in [7, 11) is 0. The first-order valence-electron chi connectivity index (χ1n) is 13.2. The average molecular weight is 538 g/mol. The van der Waals surface area contributed by atoms with Crippen LogP contribution in [-0.4, -0.2) is 71.7 Å². The highest BCUT2D eigenvalue weighted by molar-refractivity contribution is 8.03. The summed E-state index contributed by atoms with van der Waals surface area (Å²) in [6.45, 7) is 8.45. The van der Waals surface area contributed by atoms with Gasteiger partial charge in [0, 0.05) is 37.3 Å². The molecular weight excluding hydrogens is 502 g/mol. The Balaban J connectivity index is 1.23. The summed E-state index contributed by atoms with van der Waals surface area (Å²) in [5.41, 5.74) is 6.02. The van der Waals surface area contributed by atoms with E-state index in [-0.39, 0.29) is 17.3 Å². The lowest BCUT2D eigenvalue weighted by Gasteiger charge is -2.34. The molecule has 3 heterocycles. The zero-order chi connectivity index (χ0) is 26.6. The van der Waals surface area contributed by atoms with E-state index in [1.165, 1.54) is 0 Å². The molecule has 0 saturated carbocycles. The van der Waals surface area contributed by atoms with Crippen LogP contribution in [0.5, 0.6) is 5.75 Å². The van der Waals surface area contributed by atoms with Crippen molar-refractivity contribution in [3.63, 3.8) is 0 Å². The summed E-state index contributed by atoms with van der Waals surface area (Å²) in [5.74, 6) is -0.0845. The van der Waals surface area contributed by atoms with Crippen LogP contribution in [0.15, 0.2) is 41.8 Å². The maximum Gasteiger partial charge on any atom is 0.306 e. The number of carbonyl (C=O) groups is 2. The minimum absolute atomic E-state index is 0.0446. The molecule has 2 saturated heterocycles. The Kier molecular flexibility index (Phi) is 8.26. The van der Waals surface area contributed by atoms with Crippen molar-refractivity contribution in [3.05, 3.63) is 69.6 Å². The highest BCUT2D eigenvalue weighted by Crippen LogP contribution is 2.36. The second kappa shape index (κ2) is 11.8. The van der Waals surface area contributed by atoms with Gasteiger partial charge in [0.25, 0.3) is 5.91 Å². The van der Waals surface area contributed by atoms with Gasteiger partial charge in [0.1, 0.15) is 17.9 Å². The normalized spacial score (nSPS) is 20.6. The zero-order valence-corrected chi connectivity index (χ0v) is 22.8. The van der Waals surface area contributed by atoms with Crippen LogP contribution in [0.1, 0.15) is 45.5 Å². The number of ether oxygens (including phenoxy) is 2. The van der Waals surface area contributed by atoms with Gasteiger partial charge in [0.15, 0.2) is 0 Å². The molecule has 2 N–H and O–H groups in total. The van der Waals surface area contributed by atoms with Crippen LogP contribution in [0.25, 0.3) is 5.70 Å². The van der Waals surface area contributed by atoms with Crippen LogP contribution >= 0.6 is 11.8 Å². The summed E-state index contributed by atoms with van der Waals surface area (Å²) in [6.07, 6.45) is 1.36. The molecule has 202 valence electrons. The molecule has 0 spiro atoms. The van der Waals surface area contributed by atoms with E-state index in [0.717, 1.165) is 46.8 Å². The molecule has 3 aliphatic heterocycles. The van der Waals surface area contributed by atoms with Gasteiger partial charge in [-0.1, -0.05) is 29.5 Å². The number of thioether (sulfide) groups is 1. The Hall–Kier alpha value is -3.01. The van der Waals surface area contributed by atoms with Gasteiger partial charge < -0.3 is 24.8 Å². The number of aliphatic carboxylic acids is 1. The molecule has 2 aromatic carbocycles. The summed E-state index contributed by atoms with van der Waals surface area (Å²) in [6, 6.07) is 12.0. The molecule has 1 amide bonds. The first kappa shape index (κ1) is 26.6. The third-order valence-corrected chi connectivity index (χ3v) is 8.55. The highest BCUT2D eigenvalue weighted by Gasteiger charge is 2.31. The molecule has 38 heavy (non-hydrogen) atoms. The number of hydrogen-bond acceptors (Lipinski definition) is 7. The largest absolute Gasteiger partial charge is 0.488 e. The Morgan fingerprint density at radius 2 is 1.84 bits per heavy atom. The molecule has 9 heteroatoms. The third-order valence-electron chi connectivity index (χ3n) is 7.50. The van der Waals surface area contributed by atoms with E-state index in [9.17, 15) is 14.7 Å². The predicted molar refractivity (Wildman–Crippen MR) is 148 cm³/mol. The molecule has 5 rings (SSSR count). The molecular formula is C29H35N3O5S. The number of benzene rings is 2. The number of rotatable bonds is 7. The quantitative estimate of drug-likeness (QED) is 0.546. The summed E-state index contributed by atoms with van der Waals surface area (Å²) < 4.78 is 11.7. The summed E-state index contributed by atoms with van der Waals surface area (Å²) in [4.78, 5) is 28.3. The van der Waals surface area contributed by atoms with Crippen LogP contribution in [0.4, 0.5) is 0 Å². The maximum atomic E-state index is 12.8.